The highest BCUT2D eigenvalue weighted by atomic mass is 16.7. The Morgan fingerprint density at radius 2 is 1.86 bits per heavy atom. The van der Waals surface area contributed by atoms with E-state index in [2.05, 4.69) is 53.9 Å². The lowest BCUT2D eigenvalue weighted by molar-refractivity contribution is -0.256. The molecule has 1 spiro atoms. The van der Waals surface area contributed by atoms with Crippen LogP contribution in [0, 0.1) is 23.2 Å². The van der Waals surface area contributed by atoms with E-state index in [-0.39, 0.29) is 22.9 Å². The van der Waals surface area contributed by atoms with Crippen LogP contribution in [0.5, 0.6) is 0 Å². The summed E-state index contributed by atoms with van der Waals surface area (Å²) in [5, 5.41) is 0. The van der Waals surface area contributed by atoms with E-state index in [4.69, 9.17) is 9.47 Å². The molecule has 124 valence electrons. The summed E-state index contributed by atoms with van der Waals surface area (Å²) in [6.45, 7) is 19.5. The maximum absolute atomic E-state index is 6.70. The first-order valence-electron chi connectivity index (χ1n) is 8.81. The van der Waals surface area contributed by atoms with Gasteiger partial charge in [0.2, 0.25) is 0 Å². The topological polar surface area (TPSA) is 18.5 Å². The lowest BCUT2D eigenvalue weighted by atomic mass is 9.59. The molecule has 2 heterocycles. The highest BCUT2D eigenvalue weighted by Crippen LogP contribution is 2.60. The van der Waals surface area contributed by atoms with Crippen LogP contribution in [0.1, 0.15) is 60.3 Å². The third kappa shape index (κ3) is 2.22. The third-order valence-corrected chi connectivity index (χ3v) is 6.67. The average Bonchev–Trinajstić information content (AvgIpc) is 2.87. The molecule has 0 N–H and O–H groups in total. The zero-order valence-electron chi connectivity index (χ0n) is 14.9. The van der Waals surface area contributed by atoms with Gasteiger partial charge in [-0.05, 0) is 51.4 Å². The Morgan fingerprint density at radius 1 is 1.18 bits per heavy atom. The van der Waals surface area contributed by atoms with Crippen molar-refractivity contribution in [2.75, 3.05) is 0 Å². The standard InChI is InChI=1S/C20H32O2/c1-8-19(7)10-9-15-14(4)20(12-11-18(5,6)22-20)21-17(15)16(19)13(2)3/h8,14-17H,1-2,9-12H2,3-7H3. The predicted octanol–water partition coefficient (Wildman–Crippen LogP) is 5.10. The van der Waals surface area contributed by atoms with Crippen molar-refractivity contribution in [1.82, 2.24) is 0 Å². The second-order valence-corrected chi connectivity index (χ2v) is 8.78. The minimum absolute atomic E-state index is 0.0672. The molecule has 3 rings (SSSR count). The van der Waals surface area contributed by atoms with Crippen LogP contribution in [-0.4, -0.2) is 17.5 Å². The van der Waals surface area contributed by atoms with Crippen molar-refractivity contribution in [3.8, 4) is 0 Å². The van der Waals surface area contributed by atoms with Gasteiger partial charge in [0.05, 0.1) is 11.7 Å². The number of hydrogen-bond acceptors (Lipinski definition) is 2. The van der Waals surface area contributed by atoms with E-state index >= 15 is 0 Å². The molecule has 0 bridgehead atoms. The van der Waals surface area contributed by atoms with Gasteiger partial charge in [-0.1, -0.05) is 32.1 Å². The first kappa shape index (κ1) is 16.3. The molecule has 2 aliphatic heterocycles. The van der Waals surface area contributed by atoms with Gasteiger partial charge in [-0.15, -0.1) is 6.58 Å². The Balaban J connectivity index is 1.94. The Labute approximate surface area is 136 Å². The van der Waals surface area contributed by atoms with Crippen molar-refractivity contribution in [3.63, 3.8) is 0 Å². The van der Waals surface area contributed by atoms with Crippen molar-refractivity contribution in [2.24, 2.45) is 23.2 Å². The molecule has 3 aliphatic rings. The monoisotopic (exact) mass is 304 g/mol. The lowest BCUT2D eigenvalue weighted by Gasteiger charge is -2.46. The average molecular weight is 304 g/mol. The molecule has 6 atom stereocenters. The highest BCUT2D eigenvalue weighted by Gasteiger charge is 2.62. The molecule has 1 saturated carbocycles. The molecule has 1 aliphatic carbocycles. The maximum atomic E-state index is 6.70. The Bertz CT molecular complexity index is 494. The van der Waals surface area contributed by atoms with Crippen molar-refractivity contribution in [2.45, 2.75) is 77.8 Å². The zero-order valence-corrected chi connectivity index (χ0v) is 14.9. The number of fused-ring (bicyclic) bond motifs is 1. The van der Waals surface area contributed by atoms with E-state index in [0.29, 0.717) is 17.8 Å². The second-order valence-electron chi connectivity index (χ2n) is 8.78. The quantitative estimate of drug-likeness (QED) is 0.661. The third-order valence-electron chi connectivity index (χ3n) is 6.67. The van der Waals surface area contributed by atoms with E-state index in [1.807, 2.05) is 0 Å². The molecule has 2 nitrogen and oxygen atoms in total. The van der Waals surface area contributed by atoms with Gasteiger partial charge >= 0.3 is 0 Å². The van der Waals surface area contributed by atoms with Crippen molar-refractivity contribution in [3.05, 3.63) is 24.8 Å². The summed E-state index contributed by atoms with van der Waals surface area (Å²) in [6, 6.07) is 0. The van der Waals surface area contributed by atoms with Gasteiger partial charge in [-0.2, -0.15) is 0 Å². The van der Waals surface area contributed by atoms with Crippen LogP contribution in [0.2, 0.25) is 0 Å². The molecule has 2 heteroatoms. The predicted molar refractivity (Wildman–Crippen MR) is 90.5 cm³/mol. The first-order valence-corrected chi connectivity index (χ1v) is 8.81. The number of rotatable bonds is 2. The second kappa shape index (κ2) is 4.95. The summed E-state index contributed by atoms with van der Waals surface area (Å²) in [4.78, 5) is 0. The van der Waals surface area contributed by atoms with Gasteiger partial charge in [0.15, 0.2) is 5.79 Å². The summed E-state index contributed by atoms with van der Waals surface area (Å²) < 4.78 is 13.2. The molecule has 6 unspecified atom stereocenters. The fraction of sp³-hybridized carbons (Fsp3) is 0.800. The summed E-state index contributed by atoms with van der Waals surface area (Å²) in [5.74, 6) is 0.996. The van der Waals surface area contributed by atoms with E-state index in [1.54, 1.807) is 0 Å². The van der Waals surface area contributed by atoms with Crippen LogP contribution in [0.3, 0.4) is 0 Å². The molecule has 0 radical (unpaired) electrons. The number of ether oxygens (including phenoxy) is 2. The maximum Gasteiger partial charge on any atom is 0.172 e. The molecule has 3 fully saturated rings. The Kier molecular flexibility index (Phi) is 3.66. The zero-order chi connectivity index (χ0) is 16.3. The van der Waals surface area contributed by atoms with Crippen molar-refractivity contribution in [1.29, 1.82) is 0 Å². The van der Waals surface area contributed by atoms with Crippen LogP contribution in [0.4, 0.5) is 0 Å². The fourth-order valence-corrected chi connectivity index (χ4v) is 5.29. The van der Waals surface area contributed by atoms with E-state index < -0.39 is 0 Å². The van der Waals surface area contributed by atoms with Crippen molar-refractivity contribution < 1.29 is 9.47 Å². The van der Waals surface area contributed by atoms with Crippen LogP contribution < -0.4 is 0 Å². The van der Waals surface area contributed by atoms with Gasteiger partial charge < -0.3 is 9.47 Å². The molecular formula is C20H32O2. The van der Waals surface area contributed by atoms with Gasteiger partial charge in [0.1, 0.15) is 0 Å². The van der Waals surface area contributed by atoms with Gasteiger partial charge in [-0.25, -0.2) is 0 Å². The minimum atomic E-state index is -0.376. The van der Waals surface area contributed by atoms with Crippen LogP contribution in [0.25, 0.3) is 0 Å². The molecule has 0 aromatic carbocycles. The Hall–Kier alpha value is -0.600. The highest BCUT2D eigenvalue weighted by molar-refractivity contribution is 5.18. The summed E-state index contributed by atoms with van der Waals surface area (Å²) in [6.07, 6.45) is 6.81. The summed E-state index contributed by atoms with van der Waals surface area (Å²) >= 11 is 0. The van der Waals surface area contributed by atoms with Crippen LogP contribution >= 0.6 is 0 Å². The molecule has 0 amide bonds. The van der Waals surface area contributed by atoms with Crippen LogP contribution in [0.15, 0.2) is 24.8 Å². The molecule has 0 aromatic heterocycles. The van der Waals surface area contributed by atoms with Gasteiger partial charge in [0, 0.05) is 18.3 Å². The fourth-order valence-electron chi connectivity index (χ4n) is 5.29. The molecule has 2 saturated heterocycles. The summed E-state index contributed by atoms with van der Waals surface area (Å²) in [7, 11) is 0. The number of allylic oxidation sites excluding steroid dienone is 1. The minimum Gasteiger partial charge on any atom is -0.345 e. The molecule has 22 heavy (non-hydrogen) atoms. The van der Waals surface area contributed by atoms with E-state index in [9.17, 15) is 0 Å². The van der Waals surface area contributed by atoms with Crippen LogP contribution in [-0.2, 0) is 9.47 Å². The Morgan fingerprint density at radius 3 is 2.36 bits per heavy atom. The van der Waals surface area contributed by atoms with Crippen molar-refractivity contribution >= 4 is 0 Å². The van der Waals surface area contributed by atoms with E-state index in [1.165, 1.54) is 18.4 Å². The molecular weight excluding hydrogens is 272 g/mol. The number of hydrogen-bond donors (Lipinski definition) is 0. The summed E-state index contributed by atoms with van der Waals surface area (Å²) in [5.41, 5.74) is 1.24. The SMILES string of the molecule is C=CC1(C)CCC2C(OC3(CCC(C)(C)O3)C2C)C1C(=C)C. The largest absolute Gasteiger partial charge is 0.345 e. The van der Waals surface area contributed by atoms with E-state index in [0.717, 1.165) is 12.8 Å². The van der Waals surface area contributed by atoms with Gasteiger partial charge in [0.25, 0.3) is 0 Å². The molecule has 0 aromatic rings. The smallest absolute Gasteiger partial charge is 0.172 e. The lowest BCUT2D eigenvalue weighted by Crippen LogP contribution is -2.44. The normalized spacial score (nSPS) is 50.0. The van der Waals surface area contributed by atoms with Gasteiger partial charge in [-0.3, -0.25) is 0 Å². The first-order chi connectivity index (χ1) is 10.1.